The molecular formula is C13H20N4O2. The fraction of sp³-hybridized carbons (Fsp3) is 0.538. The maximum absolute atomic E-state index is 11.7. The van der Waals surface area contributed by atoms with E-state index in [1.807, 2.05) is 24.0 Å². The molecule has 1 fully saturated rings. The first-order chi connectivity index (χ1) is 9.05. The second-order valence-electron chi connectivity index (χ2n) is 5.16. The molecule has 0 aromatic carbocycles. The summed E-state index contributed by atoms with van der Waals surface area (Å²) in [5, 5.41) is 9.83. The van der Waals surface area contributed by atoms with E-state index >= 15 is 0 Å². The number of amides is 1. The number of anilines is 1. The Labute approximate surface area is 112 Å². The topological polar surface area (TPSA) is 77.5 Å². The summed E-state index contributed by atoms with van der Waals surface area (Å²) in [4.78, 5) is 17.8. The van der Waals surface area contributed by atoms with Crippen molar-refractivity contribution in [2.75, 3.05) is 25.1 Å². The molecular weight excluding hydrogens is 244 g/mol. The van der Waals surface area contributed by atoms with Crippen LogP contribution in [-0.4, -0.2) is 46.1 Å². The fourth-order valence-corrected chi connectivity index (χ4v) is 2.01. The van der Waals surface area contributed by atoms with Crippen molar-refractivity contribution in [1.82, 2.24) is 15.3 Å². The molecule has 0 bridgehead atoms. The zero-order valence-corrected chi connectivity index (χ0v) is 11.1. The number of nitrogens with one attached hydrogen (secondary N) is 2. The van der Waals surface area contributed by atoms with Gasteiger partial charge in [0.25, 0.3) is 5.91 Å². The Morgan fingerprint density at radius 2 is 2.21 bits per heavy atom. The summed E-state index contributed by atoms with van der Waals surface area (Å²) >= 11 is 0. The van der Waals surface area contributed by atoms with E-state index in [2.05, 4.69) is 15.8 Å². The highest BCUT2D eigenvalue weighted by atomic mass is 16.3. The first kappa shape index (κ1) is 13.8. The summed E-state index contributed by atoms with van der Waals surface area (Å²) in [5.74, 6) is 0.504. The van der Waals surface area contributed by atoms with Crippen LogP contribution in [0.1, 0.15) is 19.8 Å². The van der Waals surface area contributed by atoms with Crippen LogP contribution in [0.3, 0.4) is 0 Å². The van der Waals surface area contributed by atoms with E-state index in [1.54, 1.807) is 12.3 Å². The van der Waals surface area contributed by atoms with Crippen LogP contribution in [0.4, 0.5) is 5.82 Å². The number of carbonyl (C=O) groups excluding carboxylic acids is 1. The van der Waals surface area contributed by atoms with Gasteiger partial charge in [0, 0.05) is 19.3 Å². The molecule has 1 saturated heterocycles. The molecule has 0 saturated carbocycles. The SMILES string of the molecule is CC1(O)CCN(CC(=O)NNc2ccccn2)CC1. The van der Waals surface area contributed by atoms with Crippen molar-refractivity contribution in [3.63, 3.8) is 0 Å². The summed E-state index contributed by atoms with van der Waals surface area (Å²) < 4.78 is 0. The molecule has 2 rings (SSSR count). The standard InChI is InChI=1S/C13H20N4O2/c1-13(19)5-8-17(9-6-13)10-12(18)16-15-11-4-2-3-7-14-11/h2-4,7,19H,5-6,8-10H2,1H3,(H,14,15)(H,16,18). The molecule has 2 heterocycles. The molecule has 3 N–H and O–H groups in total. The average Bonchev–Trinajstić information content (AvgIpc) is 2.40. The van der Waals surface area contributed by atoms with Crippen molar-refractivity contribution in [2.45, 2.75) is 25.4 Å². The molecule has 0 spiro atoms. The van der Waals surface area contributed by atoms with Gasteiger partial charge in [-0.3, -0.25) is 20.5 Å². The maximum Gasteiger partial charge on any atom is 0.252 e. The Morgan fingerprint density at radius 3 is 2.84 bits per heavy atom. The smallest absolute Gasteiger partial charge is 0.252 e. The predicted octanol–water partition coefficient (Wildman–Crippen LogP) is 0.371. The van der Waals surface area contributed by atoms with Crippen LogP contribution < -0.4 is 10.9 Å². The number of hydrogen-bond donors (Lipinski definition) is 3. The molecule has 0 radical (unpaired) electrons. The quantitative estimate of drug-likeness (QED) is 0.685. The molecule has 19 heavy (non-hydrogen) atoms. The number of piperidine rings is 1. The molecule has 6 nitrogen and oxygen atoms in total. The van der Waals surface area contributed by atoms with Gasteiger partial charge in [0.05, 0.1) is 12.1 Å². The van der Waals surface area contributed by atoms with Gasteiger partial charge in [0.2, 0.25) is 0 Å². The van der Waals surface area contributed by atoms with Gasteiger partial charge in [-0.25, -0.2) is 4.98 Å². The molecule has 104 valence electrons. The lowest BCUT2D eigenvalue weighted by Crippen LogP contribution is -2.47. The highest BCUT2D eigenvalue weighted by Crippen LogP contribution is 2.20. The molecule has 1 aromatic heterocycles. The van der Waals surface area contributed by atoms with Crippen LogP contribution in [-0.2, 0) is 4.79 Å². The highest BCUT2D eigenvalue weighted by Gasteiger charge is 2.27. The minimum Gasteiger partial charge on any atom is -0.390 e. The van der Waals surface area contributed by atoms with Crippen LogP contribution >= 0.6 is 0 Å². The Bertz CT molecular complexity index is 412. The average molecular weight is 264 g/mol. The molecule has 1 aromatic rings. The molecule has 0 atom stereocenters. The predicted molar refractivity (Wildman–Crippen MR) is 72.3 cm³/mol. The number of nitrogens with zero attached hydrogens (tertiary/aromatic N) is 2. The second kappa shape index (κ2) is 5.99. The number of pyridine rings is 1. The van der Waals surface area contributed by atoms with Crippen LogP contribution in [0.2, 0.25) is 0 Å². The second-order valence-corrected chi connectivity index (χ2v) is 5.16. The number of carbonyl (C=O) groups is 1. The number of hydrogen-bond acceptors (Lipinski definition) is 5. The van der Waals surface area contributed by atoms with Crippen molar-refractivity contribution in [1.29, 1.82) is 0 Å². The third-order valence-electron chi connectivity index (χ3n) is 3.30. The largest absolute Gasteiger partial charge is 0.390 e. The normalized spacial score (nSPS) is 18.8. The van der Waals surface area contributed by atoms with Gasteiger partial charge < -0.3 is 5.11 Å². The first-order valence-electron chi connectivity index (χ1n) is 6.46. The number of aromatic nitrogens is 1. The number of hydrazine groups is 1. The van der Waals surface area contributed by atoms with Crippen molar-refractivity contribution in [2.24, 2.45) is 0 Å². The van der Waals surface area contributed by atoms with Gasteiger partial charge in [0.1, 0.15) is 5.82 Å². The minimum atomic E-state index is -0.584. The van der Waals surface area contributed by atoms with E-state index < -0.39 is 5.60 Å². The number of likely N-dealkylation sites (tertiary alicyclic amines) is 1. The van der Waals surface area contributed by atoms with E-state index in [4.69, 9.17) is 0 Å². The van der Waals surface area contributed by atoms with Gasteiger partial charge in [-0.15, -0.1) is 0 Å². The van der Waals surface area contributed by atoms with Crippen molar-refractivity contribution in [3.8, 4) is 0 Å². The zero-order chi connectivity index (χ0) is 13.7. The zero-order valence-electron chi connectivity index (χ0n) is 11.1. The van der Waals surface area contributed by atoms with Gasteiger partial charge >= 0.3 is 0 Å². The molecule has 0 aliphatic carbocycles. The van der Waals surface area contributed by atoms with Gasteiger partial charge in [-0.1, -0.05) is 6.07 Å². The highest BCUT2D eigenvalue weighted by molar-refractivity contribution is 5.79. The Morgan fingerprint density at radius 1 is 1.47 bits per heavy atom. The Kier molecular flexibility index (Phi) is 4.34. The molecule has 0 unspecified atom stereocenters. The molecule has 6 heteroatoms. The third-order valence-corrected chi connectivity index (χ3v) is 3.30. The molecule has 1 aliphatic heterocycles. The van der Waals surface area contributed by atoms with E-state index in [9.17, 15) is 9.90 Å². The van der Waals surface area contributed by atoms with E-state index in [-0.39, 0.29) is 5.91 Å². The fourth-order valence-electron chi connectivity index (χ4n) is 2.01. The Hall–Kier alpha value is -1.66. The van der Waals surface area contributed by atoms with Crippen LogP contribution in [0.15, 0.2) is 24.4 Å². The molecule has 1 amide bonds. The number of rotatable bonds is 4. The van der Waals surface area contributed by atoms with Gasteiger partial charge in [0.15, 0.2) is 0 Å². The van der Waals surface area contributed by atoms with E-state index in [0.29, 0.717) is 25.2 Å². The lowest BCUT2D eigenvalue weighted by atomic mass is 9.94. The summed E-state index contributed by atoms with van der Waals surface area (Å²) in [6.07, 6.45) is 3.06. The van der Waals surface area contributed by atoms with E-state index in [1.165, 1.54) is 0 Å². The van der Waals surface area contributed by atoms with Gasteiger partial charge in [-0.2, -0.15) is 0 Å². The van der Waals surface area contributed by atoms with Gasteiger partial charge in [-0.05, 0) is 31.9 Å². The van der Waals surface area contributed by atoms with E-state index in [0.717, 1.165) is 13.1 Å². The lowest BCUT2D eigenvalue weighted by Gasteiger charge is -2.35. The maximum atomic E-state index is 11.7. The van der Waals surface area contributed by atoms with Crippen molar-refractivity contribution < 1.29 is 9.90 Å². The van der Waals surface area contributed by atoms with Crippen LogP contribution in [0.25, 0.3) is 0 Å². The minimum absolute atomic E-state index is 0.104. The monoisotopic (exact) mass is 264 g/mol. The number of aliphatic hydroxyl groups is 1. The lowest BCUT2D eigenvalue weighted by molar-refractivity contribution is -0.122. The summed E-state index contributed by atoms with van der Waals surface area (Å²) in [5.41, 5.74) is 4.79. The van der Waals surface area contributed by atoms with Crippen molar-refractivity contribution >= 4 is 11.7 Å². The van der Waals surface area contributed by atoms with Crippen LogP contribution in [0.5, 0.6) is 0 Å². The summed E-state index contributed by atoms with van der Waals surface area (Å²) in [6.45, 7) is 3.65. The molecule has 1 aliphatic rings. The Balaban J connectivity index is 1.70. The summed E-state index contributed by atoms with van der Waals surface area (Å²) in [6, 6.07) is 5.43. The van der Waals surface area contributed by atoms with Crippen molar-refractivity contribution in [3.05, 3.63) is 24.4 Å². The third kappa shape index (κ3) is 4.50. The summed E-state index contributed by atoms with van der Waals surface area (Å²) in [7, 11) is 0. The van der Waals surface area contributed by atoms with Crippen LogP contribution in [0, 0.1) is 0 Å². The first-order valence-corrected chi connectivity index (χ1v) is 6.46.